The highest BCUT2D eigenvalue weighted by atomic mass is 16.5. The van der Waals surface area contributed by atoms with E-state index in [1.807, 2.05) is 0 Å². The first-order valence-corrected chi connectivity index (χ1v) is 7.29. The second kappa shape index (κ2) is 9.73. The topological polar surface area (TPSA) is 39.7 Å². The van der Waals surface area contributed by atoms with Crippen molar-refractivity contribution in [3.05, 3.63) is 0 Å². The molecule has 1 aliphatic rings. The van der Waals surface area contributed by atoms with Gasteiger partial charge in [-0.15, -0.1) is 0 Å². The van der Waals surface area contributed by atoms with E-state index >= 15 is 0 Å². The minimum absolute atomic E-state index is 0.235. The van der Waals surface area contributed by atoms with Crippen LogP contribution < -0.4 is 5.32 Å². The lowest BCUT2D eigenvalue weighted by Gasteiger charge is -2.44. The summed E-state index contributed by atoms with van der Waals surface area (Å²) in [6.45, 7) is 7.75. The molecule has 1 saturated carbocycles. The smallest absolute Gasteiger partial charge is 0.0990 e. The fraction of sp³-hybridized carbons (Fsp3) is 1.00. The summed E-state index contributed by atoms with van der Waals surface area (Å²) in [7, 11) is 1.72. The Morgan fingerprint density at radius 3 is 2.56 bits per heavy atom. The van der Waals surface area contributed by atoms with Gasteiger partial charge in [-0.3, -0.25) is 0 Å². The first-order valence-electron chi connectivity index (χ1n) is 7.29. The van der Waals surface area contributed by atoms with Gasteiger partial charge >= 0.3 is 0 Å². The molecular formula is C14H29NO3. The summed E-state index contributed by atoms with van der Waals surface area (Å²) in [6.07, 6.45) is 4.76. The van der Waals surface area contributed by atoms with Crippen LogP contribution in [0.1, 0.15) is 39.5 Å². The maximum absolute atomic E-state index is 5.89. The predicted molar refractivity (Wildman–Crippen MR) is 73.0 cm³/mol. The van der Waals surface area contributed by atoms with Crippen LogP contribution in [0.3, 0.4) is 0 Å². The van der Waals surface area contributed by atoms with Crippen LogP contribution in [0.2, 0.25) is 0 Å². The van der Waals surface area contributed by atoms with E-state index in [0.717, 1.165) is 52.0 Å². The summed E-state index contributed by atoms with van der Waals surface area (Å²) < 4.78 is 16.8. The molecule has 0 spiro atoms. The fourth-order valence-corrected chi connectivity index (χ4v) is 2.19. The summed E-state index contributed by atoms with van der Waals surface area (Å²) in [6, 6.07) is 0.476. The molecule has 0 heterocycles. The molecule has 1 N–H and O–H groups in total. The molecule has 0 amide bonds. The van der Waals surface area contributed by atoms with E-state index in [-0.39, 0.29) is 12.2 Å². The number of methoxy groups -OCH3 is 1. The van der Waals surface area contributed by atoms with Crippen LogP contribution in [0.4, 0.5) is 0 Å². The van der Waals surface area contributed by atoms with Crippen molar-refractivity contribution in [2.75, 3.05) is 33.5 Å². The van der Waals surface area contributed by atoms with E-state index in [9.17, 15) is 0 Å². The van der Waals surface area contributed by atoms with Crippen LogP contribution in [0.25, 0.3) is 0 Å². The lowest BCUT2D eigenvalue weighted by atomic mass is 9.85. The third-order valence-corrected chi connectivity index (χ3v) is 3.24. The molecule has 3 atom stereocenters. The Hall–Kier alpha value is -0.160. The minimum Gasteiger partial charge on any atom is -0.385 e. The van der Waals surface area contributed by atoms with Gasteiger partial charge in [0.2, 0.25) is 0 Å². The van der Waals surface area contributed by atoms with Crippen molar-refractivity contribution < 1.29 is 14.2 Å². The number of ether oxygens (including phenoxy) is 3. The molecule has 3 unspecified atom stereocenters. The molecule has 0 aromatic heterocycles. The molecule has 0 bridgehead atoms. The Bertz CT molecular complexity index is 199. The van der Waals surface area contributed by atoms with Crippen molar-refractivity contribution in [2.24, 2.45) is 0 Å². The molecule has 108 valence electrons. The number of hydrogen-bond donors (Lipinski definition) is 1. The summed E-state index contributed by atoms with van der Waals surface area (Å²) in [5.74, 6) is 0. The van der Waals surface area contributed by atoms with Crippen molar-refractivity contribution in [3.63, 3.8) is 0 Å². The zero-order valence-electron chi connectivity index (χ0n) is 12.1. The average Bonchev–Trinajstić information content (AvgIpc) is 2.36. The van der Waals surface area contributed by atoms with E-state index in [0.29, 0.717) is 6.04 Å². The van der Waals surface area contributed by atoms with Crippen LogP contribution >= 0.6 is 0 Å². The molecule has 0 aromatic rings. The molecule has 1 aliphatic carbocycles. The second-order valence-corrected chi connectivity index (χ2v) is 4.89. The van der Waals surface area contributed by atoms with Crippen LogP contribution in [-0.4, -0.2) is 51.7 Å². The third kappa shape index (κ3) is 5.22. The van der Waals surface area contributed by atoms with Crippen LogP contribution in [-0.2, 0) is 14.2 Å². The van der Waals surface area contributed by atoms with Crippen molar-refractivity contribution in [3.8, 4) is 0 Å². The Morgan fingerprint density at radius 1 is 1.06 bits per heavy atom. The summed E-state index contributed by atoms with van der Waals surface area (Å²) in [5, 5.41) is 3.53. The van der Waals surface area contributed by atoms with Gasteiger partial charge < -0.3 is 19.5 Å². The predicted octanol–water partition coefficient (Wildman–Crippen LogP) is 1.98. The molecule has 1 rings (SSSR count). The Kier molecular flexibility index (Phi) is 8.59. The number of nitrogens with one attached hydrogen (secondary N) is 1. The summed E-state index contributed by atoms with van der Waals surface area (Å²) in [4.78, 5) is 0. The summed E-state index contributed by atoms with van der Waals surface area (Å²) in [5.41, 5.74) is 0. The maximum Gasteiger partial charge on any atom is 0.0990 e. The molecule has 18 heavy (non-hydrogen) atoms. The van der Waals surface area contributed by atoms with Gasteiger partial charge in [-0.2, -0.15) is 0 Å². The second-order valence-electron chi connectivity index (χ2n) is 4.89. The van der Waals surface area contributed by atoms with Crippen molar-refractivity contribution in [2.45, 2.75) is 57.8 Å². The lowest BCUT2D eigenvalue weighted by molar-refractivity contribution is -0.148. The van der Waals surface area contributed by atoms with Crippen LogP contribution in [0.15, 0.2) is 0 Å². The molecular weight excluding hydrogens is 230 g/mol. The molecule has 0 saturated heterocycles. The van der Waals surface area contributed by atoms with Crippen molar-refractivity contribution in [1.82, 2.24) is 5.32 Å². The highest BCUT2D eigenvalue weighted by molar-refractivity contribution is 4.97. The Labute approximate surface area is 111 Å². The third-order valence-electron chi connectivity index (χ3n) is 3.24. The molecule has 0 aliphatic heterocycles. The summed E-state index contributed by atoms with van der Waals surface area (Å²) >= 11 is 0. The standard InChI is InChI=1S/C14H29NO3/c1-4-7-15-12-11-13(14(12)18-8-5-2)17-10-6-9-16-3/h12-15H,4-11H2,1-3H3. The molecule has 0 radical (unpaired) electrons. The van der Waals surface area contributed by atoms with Gasteiger partial charge in [0, 0.05) is 33.0 Å². The SMILES string of the molecule is CCCNC1CC(OCCCOC)C1OCCC. The van der Waals surface area contributed by atoms with E-state index in [2.05, 4.69) is 19.2 Å². The highest BCUT2D eigenvalue weighted by Crippen LogP contribution is 2.27. The zero-order valence-corrected chi connectivity index (χ0v) is 12.1. The fourth-order valence-electron chi connectivity index (χ4n) is 2.19. The van der Waals surface area contributed by atoms with Crippen molar-refractivity contribution in [1.29, 1.82) is 0 Å². The first kappa shape index (κ1) is 15.9. The van der Waals surface area contributed by atoms with E-state index in [1.54, 1.807) is 7.11 Å². The molecule has 4 heteroatoms. The van der Waals surface area contributed by atoms with E-state index in [1.165, 1.54) is 0 Å². The van der Waals surface area contributed by atoms with Crippen LogP contribution in [0.5, 0.6) is 0 Å². The maximum atomic E-state index is 5.89. The van der Waals surface area contributed by atoms with Gasteiger partial charge in [0.25, 0.3) is 0 Å². The first-order chi connectivity index (χ1) is 8.83. The van der Waals surface area contributed by atoms with Gasteiger partial charge in [0.1, 0.15) is 0 Å². The van der Waals surface area contributed by atoms with Gasteiger partial charge in [-0.05, 0) is 32.2 Å². The zero-order chi connectivity index (χ0) is 13.2. The quantitative estimate of drug-likeness (QED) is 0.576. The molecule has 4 nitrogen and oxygen atoms in total. The van der Waals surface area contributed by atoms with Crippen LogP contribution in [0, 0.1) is 0 Å². The van der Waals surface area contributed by atoms with Gasteiger partial charge in [0.15, 0.2) is 0 Å². The molecule has 1 fully saturated rings. The normalized spacial score (nSPS) is 27.2. The Balaban J connectivity index is 2.20. The van der Waals surface area contributed by atoms with E-state index in [4.69, 9.17) is 14.2 Å². The van der Waals surface area contributed by atoms with Gasteiger partial charge in [0.05, 0.1) is 12.2 Å². The van der Waals surface area contributed by atoms with E-state index < -0.39 is 0 Å². The molecule has 0 aromatic carbocycles. The number of rotatable bonds is 11. The highest BCUT2D eigenvalue weighted by Gasteiger charge is 2.42. The monoisotopic (exact) mass is 259 g/mol. The van der Waals surface area contributed by atoms with Gasteiger partial charge in [-0.25, -0.2) is 0 Å². The average molecular weight is 259 g/mol. The van der Waals surface area contributed by atoms with Crippen molar-refractivity contribution >= 4 is 0 Å². The number of hydrogen-bond acceptors (Lipinski definition) is 4. The minimum atomic E-state index is 0.235. The largest absolute Gasteiger partial charge is 0.385 e. The Morgan fingerprint density at radius 2 is 1.89 bits per heavy atom. The lowest BCUT2D eigenvalue weighted by Crippen LogP contribution is -2.60. The van der Waals surface area contributed by atoms with Gasteiger partial charge in [-0.1, -0.05) is 13.8 Å².